The van der Waals surface area contributed by atoms with E-state index in [0.29, 0.717) is 0 Å². The minimum atomic E-state index is 0.762. The second kappa shape index (κ2) is 7.24. The van der Waals surface area contributed by atoms with E-state index in [0.717, 1.165) is 44.1 Å². The van der Waals surface area contributed by atoms with Crippen LogP contribution in [-0.2, 0) is 4.74 Å². The molecule has 15 heavy (non-hydrogen) atoms. The first-order valence-corrected chi connectivity index (χ1v) is 6.55. The van der Waals surface area contributed by atoms with Crippen LogP contribution in [0.25, 0.3) is 0 Å². The summed E-state index contributed by atoms with van der Waals surface area (Å²) in [4.78, 5) is 0. The SMILES string of the molecule is CCOCCCN[C@H]1CC[C@H](C)[C@H](C)C1. The molecule has 1 rings (SSSR count). The highest BCUT2D eigenvalue weighted by molar-refractivity contribution is 4.79. The zero-order chi connectivity index (χ0) is 11.1. The van der Waals surface area contributed by atoms with Crippen LogP contribution in [0.2, 0.25) is 0 Å². The van der Waals surface area contributed by atoms with Crippen LogP contribution in [0.1, 0.15) is 46.5 Å². The van der Waals surface area contributed by atoms with Crippen LogP contribution < -0.4 is 5.32 Å². The molecule has 0 radical (unpaired) electrons. The number of hydrogen-bond donors (Lipinski definition) is 1. The molecule has 0 spiro atoms. The van der Waals surface area contributed by atoms with Crippen LogP contribution in [0.4, 0.5) is 0 Å². The van der Waals surface area contributed by atoms with Crippen molar-refractivity contribution >= 4 is 0 Å². The third-order valence-electron chi connectivity index (χ3n) is 3.70. The van der Waals surface area contributed by atoms with Crippen LogP contribution in [-0.4, -0.2) is 25.8 Å². The first-order valence-electron chi connectivity index (χ1n) is 6.55. The van der Waals surface area contributed by atoms with Crippen molar-refractivity contribution in [1.82, 2.24) is 5.32 Å². The zero-order valence-corrected chi connectivity index (χ0v) is 10.6. The first-order chi connectivity index (χ1) is 7.24. The van der Waals surface area contributed by atoms with Gasteiger partial charge >= 0.3 is 0 Å². The normalized spacial score (nSPS) is 31.8. The molecule has 0 bridgehead atoms. The molecule has 0 aliphatic heterocycles. The topological polar surface area (TPSA) is 21.3 Å². The van der Waals surface area contributed by atoms with Gasteiger partial charge in [-0.2, -0.15) is 0 Å². The van der Waals surface area contributed by atoms with Crippen LogP contribution in [0, 0.1) is 11.8 Å². The van der Waals surface area contributed by atoms with Crippen molar-refractivity contribution in [3.05, 3.63) is 0 Å². The summed E-state index contributed by atoms with van der Waals surface area (Å²) in [6.45, 7) is 9.69. The van der Waals surface area contributed by atoms with Crippen molar-refractivity contribution in [2.75, 3.05) is 19.8 Å². The number of ether oxygens (including phenoxy) is 1. The molecule has 1 N–H and O–H groups in total. The highest BCUT2D eigenvalue weighted by Crippen LogP contribution is 2.29. The summed E-state index contributed by atoms with van der Waals surface area (Å²) in [5.74, 6) is 1.81. The fraction of sp³-hybridized carbons (Fsp3) is 1.00. The minimum absolute atomic E-state index is 0.762. The van der Waals surface area contributed by atoms with Gasteiger partial charge in [0.05, 0.1) is 0 Å². The Morgan fingerprint density at radius 3 is 2.67 bits per heavy atom. The average Bonchev–Trinajstić information content (AvgIpc) is 2.23. The molecule has 0 aromatic rings. The predicted molar refractivity (Wildman–Crippen MR) is 65.1 cm³/mol. The van der Waals surface area contributed by atoms with Gasteiger partial charge in [0.25, 0.3) is 0 Å². The Balaban J connectivity index is 2.02. The summed E-state index contributed by atoms with van der Waals surface area (Å²) in [7, 11) is 0. The minimum Gasteiger partial charge on any atom is -0.382 e. The maximum Gasteiger partial charge on any atom is 0.0477 e. The predicted octanol–water partition coefficient (Wildman–Crippen LogP) is 2.83. The highest BCUT2D eigenvalue weighted by Gasteiger charge is 2.23. The Morgan fingerprint density at radius 1 is 1.20 bits per heavy atom. The maximum atomic E-state index is 5.32. The summed E-state index contributed by atoms with van der Waals surface area (Å²) in [6, 6.07) is 0.762. The Kier molecular flexibility index (Phi) is 6.26. The van der Waals surface area contributed by atoms with Crippen molar-refractivity contribution in [1.29, 1.82) is 0 Å². The van der Waals surface area contributed by atoms with Crippen molar-refractivity contribution in [2.45, 2.75) is 52.5 Å². The molecule has 1 aliphatic rings. The second-order valence-corrected chi connectivity index (χ2v) is 4.97. The Bertz CT molecular complexity index is 161. The molecule has 0 aromatic heterocycles. The third kappa shape index (κ3) is 4.98. The monoisotopic (exact) mass is 213 g/mol. The van der Waals surface area contributed by atoms with E-state index >= 15 is 0 Å². The summed E-state index contributed by atoms with van der Waals surface area (Å²) < 4.78 is 5.32. The van der Waals surface area contributed by atoms with Crippen molar-refractivity contribution in [3.8, 4) is 0 Å². The van der Waals surface area contributed by atoms with Crippen molar-refractivity contribution in [3.63, 3.8) is 0 Å². The van der Waals surface area contributed by atoms with Crippen LogP contribution >= 0.6 is 0 Å². The summed E-state index contributed by atoms with van der Waals surface area (Å²) >= 11 is 0. The van der Waals surface area contributed by atoms with Gasteiger partial charge in [-0.05, 0) is 51.0 Å². The number of nitrogens with one attached hydrogen (secondary N) is 1. The highest BCUT2D eigenvalue weighted by atomic mass is 16.5. The first kappa shape index (κ1) is 13.0. The molecule has 90 valence electrons. The molecule has 0 amide bonds. The lowest BCUT2D eigenvalue weighted by Crippen LogP contribution is -2.36. The number of hydrogen-bond acceptors (Lipinski definition) is 2. The van der Waals surface area contributed by atoms with Gasteiger partial charge in [-0.25, -0.2) is 0 Å². The van der Waals surface area contributed by atoms with Gasteiger partial charge in [0.15, 0.2) is 0 Å². The number of rotatable bonds is 6. The van der Waals surface area contributed by atoms with Gasteiger partial charge in [0.2, 0.25) is 0 Å². The van der Waals surface area contributed by atoms with Gasteiger partial charge < -0.3 is 10.1 Å². The molecule has 0 saturated heterocycles. The van der Waals surface area contributed by atoms with Crippen LogP contribution in [0.3, 0.4) is 0 Å². The Hall–Kier alpha value is -0.0800. The average molecular weight is 213 g/mol. The lowest BCUT2D eigenvalue weighted by molar-refractivity contribution is 0.142. The van der Waals surface area contributed by atoms with Crippen LogP contribution in [0.5, 0.6) is 0 Å². The van der Waals surface area contributed by atoms with E-state index in [1.54, 1.807) is 0 Å². The van der Waals surface area contributed by atoms with Gasteiger partial charge in [-0.1, -0.05) is 13.8 Å². The second-order valence-electron chi connectivity index (χ2n) is 4.97. The van der Waals surface area contributed by atoms with E-state index in [2.05, 4.69) is 26.1 Å². The quantitative estimate of drug-likeness (QED) is 0.685. The molecule has 3 atom stereocenters. The molecular weight excluding hydrogens is 186 g/mol. The fourth-order valence-electron chi connectivity index (χ4n) is 2.36. The molecule has 1 fully saturated rings. The molecule has 0 aromatic carbocycles. The summed E-state index contributed by atoms with van der Waals surface area (Å²) in [5, 5.41) is 3.65. The summed E-state index contributed by atoms with van der Waals surface area (Å²) in [6.07, 6.45) is 5.26. The van der Waals surface area contributed by atoms with E-state index in [1.165, 1.54) is 19.3 Å². The standard InChI is InChI=1S/C13H27NO/c1-4-15-9-5-8-14-13-7-6-11(2)12(3)10-13/h11-14H,4-10H2,1-3H3/t11-,12+,13-/m0/s1. The zero-order valence-electron chi connectivity index (χ0n) is 10.6. The van der Waals surface area contributed by atoms with Crippen molar-refractivity contribution < 1.29 is 4.74 Å². The van der Waals surface area contributed by atoms with E-state index in [-0.39, 0.29) is 0 Å². The van der Waals surface area contributed by atoms with Gasteiger partial charge in [0.1, 0.15) is 0 Å². The van der Waals surface area contributed by atoms with E-state index in [1.807, 2.05) is 0 Å². The van der Waals surface area contributed by atoms with Gasteiger partial charge in [0, 0.05) is 19.3 Å². The molecule has 0 heterocycles. The molecule has 1 saturated carbocycles. The molecule has 2 heteroatoms. The molecule has 0 unspecified atom stereocenters. The molecule has 1 aliphatic carbocycles. The van der Waals surface area contributed by atoms with Crippen LogP contribution in [0.15, 0.2) is 0 Å². The van der Waals surface area contributed by atoms with Crippen molar-refractivity contribution in [2.24, 2.45) is 11.8 Å². The molecule has 2 nitrogen and oxygen atoms in total. The Labute approximate surface area is 94.8 Å². The maximum absolute atomic E-state index is 5.32. The molecular formula is C13H27NO. The summed E-state index contributed by atoms with van der Waals surface area (Å²) in [5.41, 5.74) is 0. The van der Waals surface area contributed by atoms with E-state index < -0.39 is 0 Å². The lowest BCUT2D eigenvalue weighted by atomic mass is 9.79. The van der Waals surface area contributed by atoms with Gasteiger partial charge in [-0.3, -0.25) is 0 Å². The van der Waals surface area contributed by atoms with E-state index in [9.17, 15) is 0 Å². The third-order valence-corrected chi connectivity index (χ3v) is 3.70. The smallest absolute Gasteiger partial charge is 0.0477 e. The largest absolute Gasteiger partial charge is 0.382 e. The lowest BCUT2D eigenvalue weighted by Gasteiger charge is -2.32. The fourth-order valence-corrected chi connectivity index (χ4v) is 2.36. The van der Waals surface area contributed by atoms with E-state index in [4.69, 9.17) is 4.74 Å². The van der Waals surface area contributed by atoms with Gasteiger partial charge in [-0.15, -0.1) is 0 Å². The Morgan fingerprint density at radius 2 is 2.00 bits per heavy atom.